The molecule has 1 unspecified atom stereocenters. The molecule has 0 aliphatic carbocycles. The van der Waals surface area contributed by atoms with Crippen molar-refractivity contribution in [3.05, 3.63) is 70.0 Å². The van der Waals surface area contributed by atoms with E-state index in [2.05, 4.69) is 19.1 Å². The van der Waals surface area contributed by atoms with Crippen molar-refractivity contribution in [2.75, 3.05) is 0 Å². The first-order chi connectivity index (χ1) is 9.61. The lowest BCUT2D eigenvalue weighted by atomic mass is 10.0. The average molecular weight is 311 g/mol. The highest BCUT2D eigenvalue weighted by molar-refractivity contribution is 6.30. The molecule has 20 heavy (non-hydrogen) atoms. The summed E-state index contributed by atoms with van der Waals surface area (Å²) in [6.45, 7) is 2.18. The topological polar surface area (TPSA) is 0 Å². The molecule has 0 bridgehead atoms. The molecule has 0 aliphatic rings. The quantitative estimate of drug-likeness (QED) is 0.581. The van der Waals surface area contributed by atoms with Crippen LogP contribution in [-0.4, -0.2) is 0 Å². The Morgan fingerprint density at radius 2 is 1.70 bits per heavy atom. The van der Waals surface area contributed by atoms with E-state index < -0.39 is 5.82 Å². The number of benzene rings is 2. The fraction of sp³-hybridized carbons (Fsp3) is 0.294. The summed E-state index contributed by atoms with van der Waals surface area (Å²) in [6.07, 6.45) is 3.45. The van der Waals surface area contributed by atoms with E-state index in [0.29, 0.717) is 0 Å². The van der Waals surface area contributed by atoms with Crippen molar-refractivity contribution in [3.63, 3.8) is 0 Å². The van der Waals surface area contributed by atoms with Crippen molar-refractivity contribution in [2.24, 2.45) is 0 Å². The Kier molecular flexibility index (Phi) is 5.45. The van der Waals surface area contributed by atoms with Gasteiger partial charge in [0.1, 0.15) is 5.82 Å². The molecule has 0 saturated heterocycles. The number of rotatable bonds is 5. The predicted molar refractivity (Wildman–Crippen MR) is 84.2 cm³/mol. The molecule has 0 nitrogen and oxygen atoms in total. The average Bonchev–Trinajstić information content (AvgIpc) is 2.48. The number of hydrogen-bond acceptors (Lipinski definition) is 0. The predicted octanol–water partition coefficient (Wildman–Crippen LogP) is 6.15. The molecule has 0 fully saturated rings. The minimum atomic E-state index is -0.436. The second-order valence-corrected chi connectivity index (χ2v) is 5.72. The van der Waals surface area contributed by atoms with Crippen LogP contribution in [0.25, 0.3) is 0 Å². The van der Waals surface area contributed by atoms with Gasteiger partial charge in [-0.05, 0) is 41.7 Å². The summed E-state index contributed by atoms with van der Waals surface area (Å²) in [5.74, 6) is -0.436. The zero-order valence-electron chi connectivity index (χ0n) is 11.4. The highest BCUT2D eigenvalue weighted by Gasteiger charge is 2.12. The number of hydrogen-bond donors (Lipinski definition) is 0. The van der Waals surface area contributed by atoms with E-state index in [0.717, 1.165) is 17.5 Å². The molecule has 0 aromatic heterocycles. The van der Waals surface area contributed by atoms with E-state index in [4.69, 9.17) is 23.2 Å². The molecule has 0 heterocycles. The lowest BCUT2D eigenvalue weighted by Gasteiger charge is -2.12. The lowest BCUT2D eigenvalue weighted by Crippen LogP contribution is -1.95. The van der Waals surface area contributed by atoms with E-state index in [1.807, 2.05) is 12.1 Å². The Hall–Kier alpha value is -1.05. The first kappa shape index (κ1) is 15.3. The molecular weight excluding hydrogens is 294 g/mol. The molecule has 1 atom stereocenters. The molecule has 0 N–H and O–H groups in total. The normalized spacial score (nSPS) is 12.4. The molecule has 0 amide bonds. The molecule has 2 rings (SSSR count). The van der Waals surface area contributed by atoms with Gasteiger partial charge in [0.05, 0.1) is 10.4 Å². The van der Waals surface area contributed by atoms with Gasteiger partial charge in [0.25, 0.3) is 0 Å². The maximum Gasteiger partial charge on any atom is 0.142 e. The highest BCUT2D eigenvalue weighted by Crippen LogP contribution is 2.30. The van der Waals surface area contributed by atoms with Crippen LogP contribution in [0.15, 0.2) is 42.5 Å². The van der Waals surface area contributed by atoms with Crippen LogP contribution in [0.2, 0.25) is 5.02 Å². The molecule has 0 spiro atoms. The third-order valence-electron chi connectivity index (χ3n) is 3.33. The lowest BCUT2D eigenvalue weighted by molar-refractivity contribution is 0.626. The zero-order valence-corrected chi connectivity index (χ0v) is 12.9. The molecule has 2 aromatic carbocycles. The first-order valence-electron chi connectivity index (χ1n) is 6.79. The molecule has 106 valence electrons. The monoisotopic (exact) mass is 310 g/mol. The molecule has 0 saturated carbocycles. The van der Waals surface area contributed by atoms with Gasteiger partial charge in [-0.3, -0.25) is 0 Å². The largest absolute Gasteiger partial charge is 0.205 e. The Balaban J connectivity index is 2.15. The second kappa shape index (κ2) is 7.10. The Bertz CT molecular complexity index is 564. The van der Waals surface area contributed by atoms with E-state index in [1.165, 1.54) is 30.5 Å². The van der Waals surface area contributed by atoms with Gasteiger partial charge in [0.15, 0.2) is 0 Å². The van der Waals surface area contributed by atoms with E-state index >= 15 is 0 Å². The van der Waals surface area contributed by atoms with Gasteiger partial charge in [0, 0.05) is 0 Å². The van der Waals surface area contributed by atoms with Crippen molar-refractivity contribution in [3.8, 4) is 0 Å². The van der Waals surface area contributed by atoms with Crippen LogP contribution in [0.4, 0.5) is 4.39 Å². The minimum absolute atomic E-state index is 0.118. The molecular formula is C17H17Cl2F. The molecule has 2 aromatic rings. The summed E-state index contributed by atoms with van der Waals surface area (Å²) in [5.41, 5.74) is 2.99. The number of halogens is 3. The Labute approximate surface area is 129 Å². The van der Waals surface area contributed by atoms with Crippen LogP contribution in [0, 0.1) is 5.82 Å². The standard InChI is InChI=1S/C17H17Cl2F/c1-2-3-4-12-5-7-13(8-6-12)17(19)14-9-10-15(18)16(20)11-14/h5-11,17H,2-4H2,1H3. The fourth-order valence-electron chi connectivity index (χ4n) is 2.10. The fourth-order valence-corrected chi connectivity index (χ4v) is 2.50. The summed E-state index contributed by atoms with van der Waals surface area (Å²) in [5, 5.41) is -0.241. The van der Waals surface area contributed by atoms with Crippen LogP contribution in [0.3, 0.4) is 0 Å². The van der Waals surface area contributed by atoms with Gasteiger partial charge < -0.3 is 0 Å². The minimum Gasteiger partial charge on any atom is -0.205 e. The summed E-state index contributed by atoms with van der Waals surface area (Å²) >= 11 is 12.1. The Morgan fingerprint density at radius 1 is 1.05 bits per heavy atom. The molecule has 0 aliphatic heterocycles. The summed E-state index contributed by atoms with van der Waals surface area (Å²) in [7, 11) is 0. The van der Waals surface area contributed by atoms with Crippen LogP contribution < -0.4 is 0 Å². The van der Waals surface area contributed by atoms with Gasteiger partial charge in [-0.2, -0.15) is 0 Å². The summed E-state index contributed by atoms with van der Waals surface area (Å²) < 4.78 is 13.5. The van der Waals surface area contributed by atoms with Crippen molar-refractivity contribution in [1.29, 1.82) is 0 Å². The van der Waals surface area contributed by atoms with E-state index in [9.17, 15) is 4.39 Å². The SMILES string of the molecule is CCCCc1ccc(C(Cl)c2ccc(Cl)c(F)c2)cc1. The second-order valence-electron chi connectivity index (χ2n) is 4.88. The summed E-state index contributed by atoms with van der Waals surface area (Å²) in [6, 6.07) is 12.9. The maximum absolute atomic E-state index is 13.5. The van der Waals surface area contributed by atoms with Crippen LogP contribution in [0.5, 0.6) is 0 Å². The maximum atomic E-state index is 13.5. The van der Waals surface area contributed by atoms with Gasteiger partial charge in [-0.1, -0.05) is 55.3 Å². The smallest absolute Gasteiger partial charge is 0.142 e. The van der Waals surface area contributed by atoms with Crippen molar-refractivity contribution in [1.82, 2.24) is 0 Å². The third kappa shape index (κ3) is 3.74. The van der Waals surface area contributed by atoms with Crippen molar-refractivity contribution in [2.45, 2.75) is 31.6 Å². The van der Waals surface area contributed by atoms with Gasteiger partial charge in [-0.15, -0.1) is 11.6 Å². The van der Waals surface area contributed by atoms with E-state index in [-0.39, 0.29) is 10.4 Å². The summed E-state index contributed by atoms with van der Waals surface area (Å²) in [4.78, 5) is 0. The van der Waals surface area contributed by atoms with Crippen LogP contribution >= 0.6 is 23.2 Å². The molecule has 0 radical (unpaired) electrons. The third-order valence-corrected chi connectivity index (χ3v) is 4.14. The van der Waals surface area contributed by atoms with Crippen LogP contribution in [-0.2, 0) is 6.42 Å². The number of aryl methyl sites for hydroxylation is 1. The van der Waals surface area contributed by atoms with Gasteiger partial charge in [0.2, 0.25) is 0 Å². The van der Waals surface area contributed by atoms with E-state index in [1.54, 1.807) is 6.07 Å². The highest BCUT2D eigenvalue weighted by atomic mass is 35.5. The van der Waals surface area contributed by atoms with Crippen molar-refractivity contribution < 1.29 is 4.39 Å². The number of alkyl halides is 1. The molecule has 3 heteroatoms. The van der Waals surface area contributed by atoms with Gasteiger partial charge >= 0.3 is 0 Å². The van der Waals surface area contributed by atoms with Crippen molar-refractivity contribution >= 4 is 23.2 Å². The van der Waals surface area contributed by atoms with Crippen LogP contribution in [0.1, 0.15) is 41.8 Å². The number of unbranched alkanes of at least 4 members (excludes halogenated alkanes) is 1. The van der Waals surface area contributed by atoms with Gasteiger partial charge in [-0.25, -0.2) is 4.39 Å². The Morgan fingerprint density at radius 3 is 2.30 bits per heavy atom. The first-order valence-corrected chi connectivity index (χ1v) is 7.61. The zero-order chi connectivity index (χ0) is 14.5.